The highest BCUT2D eigenvalue weighted by molar-refractivity contribution is 9.10. The normalized spacial score (nSPS) is 27.9. The smallest absolute Gasteiger partial charge is 0.230 e. The Balaban J connectivity index is 1.68. The molecular weight excluding hydrogens is 316 g/mol. The monoisotopic (exact) mass is 336 g/mol. The standard InChI is InChI=1S/C16H21BrN2O/c17-12-3-1-2-11(10-12)16(8-9-16)15(20)19-14-6-4-13(18)5-7-14/h1-3,10,13-14H,4-9,18H2,(H,19,20). The van der Waals surface area contributed by atoms with Gasteiger partial charge in [-0.2, -0.15) is 0 Å². The molecule has 3 N–H and O–H groups in total. The molecule has 0 aromatic heterocycles. The average Bonchev–Trinajstić information content (AvgIpc) is 3.23. The highest BCUT2D eigenvalue weighted by atomic mass is 79.9. The van der Waals surface area contributed by atoms with Gasteiger partial charge in [0.05, 0.1) is 5.41 Å². The molecule has 3 nitrogen and oxygen atoms in total. The topological polar surface area (TPSA) is 55.1 Å². The van der Waals surface area contributed by atoms with Crippen molar-refractivity contribution < 1.29 is 4.79 Å². The first-order valence-corrected chi connectivity index (χ1v) is 8.22. The van der Waals surface area contributed by atoms with Crippen molar-refractivity contribution in [1.29, 1.82) is 0 Å². The molecule has 108 valence electrons. The molecule has 2 saturated carbocycles. The van der Waals surface area contributed by atoms with E-state index in [4.69, 9.17) is 5.73 Å². The molecule has 1 amide bonds. The first-order chi connectivity index (χ1) is 9.60. The Kier molecular flexibility index (Phi) is 3.87. The molecule has 2 fully saturated rings. The highest BCUT2D eigenvalue weighted by Gasteiger charge is 2.51. The molecule has 0 radical (unpaired) electrons. The van der Waals surface area contributed by atoms with Gasteiger partial charge in [0.25, 0.3) is 0 Å². The maximum Gasteiger partial charge on any atom is 0.230 e. The molecule has 2 aliphatic rings. The fraction of sp³-hybridized carbons (Fsp3) is 0.562. The summed E-state index contributed by atoms with van der Waals surface area (Å²) in [5.41, 5.74) is 6.78. The molecular formula is C16H21BrN2O. The zero-order valence-electron chi connectivity index (χ0n) is 11.6. The van der Waals surface area contributed by atoms with E-state index < -0.39 is 0 Å². The zero-order chi connectivity index (χ0) is 14.2. The number of benzene rings is 1. The largest absolute Gasteiger partial charge is 0.353 e. The van der Waals surface area contributed by atoms with Crippen molar-refractivity contribution in [2.75, 3.05) is 0 Å². The van der Waals surface area contributed by atoms with Gasteiger partial charge in [0.15, 0.2) is 0 Å². The second-order valence-corrected chi connectivity index (χ2v) is 7.09. The summed E-state index contributed by atoms with van der Waals surface area (Å²) in [6.45, 7) is 0. The van der Waals surface area contributed by atoms with E-state index in [-0.39, 0.29) is 11.3 Å². The van der Waals surface area contributed by atoms with Gasteiger partial charge in [0, 0.05) is 16.6 Å². The SMILES string of the molecule is NC1CCC(NC(=O)C2(c3cccc(Br)c3)CC2)CC1. The number of amides is 1. The van der Waals surface area contributed by atoms with Crippen LogP contribution in [0.15, 0.2) is 28.7 Å². The molecule has 0 heterocycles. The lowest BCUT2D eigenvalue weighted by atomic mass is 9.90. The van der Waals surface area contributed by atoms with E-state index in [1.54, 1.807) is 0 Å². The molecule has 0 unspecified atom stereocenters. The first kappa shape index (κ1) is 14.1. The first-order valence-electron chi connectivity index (χ1n) is 7.43. The summed E-state index contributed by atoms with van der Waals surface area (Å²) in [6.07, 6.45) is 6.00. The maximum atomic E-state index is 12.6. The van der Waals surface area contributed by atoms with Gasteiger partial charge < -0.3 is 11.1 Å². The predicted molar refractivity (Wildman–Crippen MR) is 83.4 cm³/mol. The number of nitrogens with one attached hydrogen (secondary N) is 1. The summed E-state index contributed by atoms with van der Waals surface area (Å²) < 4.78 is 1.04. The van der Waals surface area contributed by atoms with Gasteiger partial charge in [0.2, 0.25) is 5.91 Å². The van der Waals surface area contributed by atoms with Gasteiger partial charge in [-0.25, -0.2) is 0 Å². The van der Waals surface area contributed by atoms with E-state index in [9.17, 15) is 4.79 Å². The van der Waals surface area contributed by atoms with Crippen LogP contribution in [0.25, 0.3) is 0 Å². The number of carbonyl (C=O) groups excluding carboxylic acids is 1. The second kappa shape index (κ2) is 5.49. The molecule has 0 atom stereocenters. The van der Waals surface area contributed by atoms with Crippen molar-refractivity contribution in [2.24, 2.45) is 5.73 Å². The van der Waals surface area contributed by atoms with E-state index in [1.165, 1.54) is 0 Å². The van der Waals surface area contributed by atoms with Gasteiger partial charge in [0.1, 0.15) is 0 Å². The fourth-order valence-corrected chi connectivity index (χ4v) is 3.54. The minimum Gasteiger partial charge on any atom is -0.353 e. The lowest BCUT2D eigenvalue weighted by Gasteiger charge is -2.28. The van der Waals surface area contributed by atoms with Crippen LogP contribution in [0, 0.1) is 0 Å². The van der Waals surface area contributed by atoms with Crippen LogP contribution in [0.5, 0.6) is 0 Å². The van der Waals surface area contributed by atoms with Crippen molar-refractivity contribution >= 4 is 21.8 Å². The molecule has 20 heavy (non-hydrogen) atoms. The molecule has 0 aliphatic heterocycles. The molecule has 2 aliphatic carbocycles. The molecule has 3 rings (SSSR count). The zero-order valence-corrected chi connectivity index (χ0v) is 13.2. The Bertz CT molecular complexity index is 505. The molecule has 1 aromatic rings. The Morgan fingerprint density at radius 3 is 2.55 bits per heavy atom. The fourth-order valence-electron chi connectivity index (χ4n) is 3.15. The van der Waals surface area contributed by atoms with Crippen molar-refractivity contribution in [3.8, 4) is 0 Å². The number of rotatable bonds is 3. The number of hydrogen-bond acceptors (Lipinski definition) is 2. The van der Waals surface area contributed by atoms with Crippen LogP contribution in [0.2, 0.25) is 0 Å². The van der Waals surface area contributed by atoms with Gasteiger partial charge in [-0.15, -0.1) is 0 Å². The van der Waals surface area contributed by atoms with Crippen LogP contribution in [-0.2, 0) is 10.2 Å². The van der Waals surface area contributed by atoms with E-state index in [2.05, 4.69) is 33.4 Å². The van der Waals surface area contributed by atoms with Crippen LogP contribution in [0.3, 0.4) is 0 Å². The Hall–Kier alpha value is -0.870. The number of halogens is 1. The van der Waals surface area contributed by atoms with Gasteiger partial charge >= 0.3 is 0 Å². The maximum absolute atomic E-state index is 12.6. The van der Waals surface area contributed by atoms with E-state index in [0.717, 1.165) is 48.6 Å². The Morgan fingerprint density at radius 2 is 1.95 bits per heavy atom. The lowest BCUT2D eigenvalue weighted by molar-refractivity contribution is -0.124. The molecule has 0 bridgehead atoms. The molecule has 1 aromatic carbocycles. The summed E-state index contributed by atoms with van der Waals surface area (Å²) in [5, 5.41) is 3.25. The number of carbonyl (C=O) groups is 1. The third kappa shape index (κ3) is 2.77. The second-order valence-electron chi connectivity index (χ2n) is 6.18. The summed E-state index contributed by atoms with van der Waals surface area (Å²) in [5.74, 6) is 0.205. The lowest BCUT2D eigenvalue weighted by Crippen LogP contribution is -2.44. The van der Waals surface area contributed by atoms with Crippen LogP contribution in [-0.4, -0.2) is 18.0 Å². The highest BCUT2D eigenvalue weighted by Crippen LogP contribution is 2.49. The minimum atomic E-state index is -0.274. The Morgan fingerprint density at radius 1 is 1.25 bits per heavy atom. The van der Waals surface area contributed by atoms with Crippen LogP contribution in [0.1, 0.15) is 44.1 Å². The Labute approximate surface area is 128 Å². The third-order valence-corrected chi connectivity index (χ3v) is 5.16. The third-order valence-electron chi connectivity index (χ3n) is 4.67. The molecule has 0 spiro atoms. The van der Waals surface area contributed by atoms with Crippen molar-refractivity contribution in [1.82, 2.24) is 5.32 Å². The van der Waals surface area contributed by atoms with E-state index in [0.29, 0.717) is 12.1 Å². The average molecular weight is 337 g/mol. The van der Waals surface area contributed by atoms with E-state index >= 15 is 0 Å². The van der Waals surface area contributed by atoms with Crippen molar-refractivity contribution in [3.63, 3.8) is 0 Å². The molecule has 4 heteroatoms. The minimum absolute atomic E-state index is 0.205. The molecule has 0 saturated heterocycles. The van der Waals surface area contributed by atoms with Crippen LogP contribution >= 0.6 is 15.9 Å². The summed E-state index contributed by atoms with van der Waals surface area (Å²) >= 11 is 3.49. The van der Waals surface area contributed by atoms with Crippen molar-refractivity contribution in [2.45, 2.75) is 56.0 Å². The quantitative estimate of drug-likeness (QED) is 0.891. The van der Waals surface area contributed by atoms with Gasteiger partial charge in [-0.05, 0) is 56.2 Å². The van der Waals surface area contributed by atoms with Gasteiger partial charge in [-0.1, -0.05) is 28.1 Å². The summed E-state index contributed by atoms with van der Waals surface area (Å²) in [4.78, 5) is 12.6. The van der Waals surface area contributed by atoms with Crippen LogP contribution < -0.4 is 11.1 Å². The van der Waals surface area contributed by atoms with Crippen LogP contribution in [0.4, 0.5) is 0 Å². The van der Waals surface area contributed by atoms with Crippen molar-refractivity contribution in [3.05, 3.63) is 34.3 Å². The van der Waals surface area contributed by atoms with Gasteiger partial charge in [-0.3, -0.25) is 4.79 Å². The van der Waals surface area contributed by atoms with E-state index in [1.807, 2.05) is 12.1 Å². The number of hydrogen-bond donors (Lipinski definition) is 2. The summed E-state index contributed by atoms with van der Waals surface area (Å²) in [6, 6.07) is 8.78. The predicted octanol–water partition coefficient (Wildman–Crippen LogP) is 2.87. The summed E-state index contributed by atoms with van der Waals surface area (Å²) in [7, 11) is 0. The number of nitrogens with two attached hydrogens (primary N) is 1.